The number of benzene rings is 4. The number of carbonyl (C=O) groups is 2. The van der Waals surface area contributed by atoms with Crippen LogP contribution in [0.2, 0.25) is 10.0 Å². The number of esters is 1. The molecule has 0 saturated carbocycles. The molecule has 1 unspecified atom stereocenters. The van der Waals surface area contributed by atoms with Gasteiger partial charge in [0.15, 0.2) is 6.04 Å². The van der Waals surface area contributed by atoms with Crippen LogP contribution in [0.4, 0.5) is 0 Å². The SMILES string of the molecule is COC(=O)C(NC(=O)c1ccc2ccc(-c3nc(-c4ccccc4)cs3)cc2c1)c1ccc(Cl)c(Cl)c1. The molecule has 0 radical (unpaired) electrons. The molecule has 8 heteroatoms. The lowest BCUT2D eigenvalue weighted by Crippen LogP contribution is -2.34. The molecule has 0 spiro atoms. The van der Waals surface area contributed by atoms with Crippen molar-refractivity contribution in [3.63, 3.8) is 0 Å². The number of nitrogens with zero attached hydrogens (tertiary/aromatic N) is 1. The molecule has 1 aromatic heterocycles. The van der Waals surface area contributed by atoms with Crippen molar-refractivity contribution in [2.45, 2.75) is 6.04 Å². The number of fused-ring (bicyclic) bond motifs is 1. The van der Waals surface area contributed by atoms with Crippen LogP contribution in [0.3, 0.4) is 0 Å². The summed E-state index contributed by atoms with van der Waals surface area (Å²) < 4.78 is 4.91. The average Bonchev–Trinajstić information content (AvgIpc) is 3.43. The molecule has 37 heavy (non-hydrogen) atoms. The topological polar surface area (TPSA) is 68.3 Å². The third kappa shape index (κ3) is 5.37. The maximum atomic E-state index is 13.2. The maximum absolute atomic E-state index is 13.2. The van der Waals surface area contributed by atoms with Crippen molar-refractivity contribution in [2.24, 2.45) is 0 Å². The number of hydrogen-bond donors (Lipinski definition) is 1. The fourth-order valence-corrected chi connectivity index (χ4v) is 5.10. The highest BCUT2D eigenvalue weighted by Gasteiger charge is 2.25. The zero-order valence-corrected chi connectivity index (χ0v) is 21.9. The third-order valence-corrected chi connectivity index (χ3v) is 7.54. The molecule has 1 amide bonds. The first-order chi connectivity index (χ1) is 17.9. The van der Waals surface area contributed by atoms with E-state index in [0.717, 1.165) is 32.6 Å². The summed E-state index contributed by atoms with van der Waals surface area (Å²) in [5, 5.41) is 8.17. The van der Waals surface area contributed by atoms with Crippen LogP contribution < -0.4 is 5.32 Å². The number of hydrogen-bond acceptors (Lipinski definition) is 5. The van der Waals surface area contributed by atoms with Crippen LogP contribution in [0.15, 0.2) is 90.3 Å². The third-order valence-electron chi connectivity index (χ3n) is 5.91. The van der Waals surface area contributed by atoms with Crippen molar-refractivity contribution >= 4 is 57.2 Å². The van der Waals surface area contributed by atoms with E-state index in [9.17, 15) is 9.59 Å². The Morgan fingerprint density at radius 2 is 1.65 bits per heavy atom. The predicted octanol–water partition coefficient (Wildman–Crippen LogP) is 7.58. The van der Waals surface area contributed by atoms with E-state index >= 15 is 0 Å². The van der Waals surface area contributed by atoms with Crippen LogP contribution in [0, 0.1) is 0 Å². The second-order valence-electron chi connectivity index (χ2n) is 8.28. The second kappa shape index (κ2) is 10.7. The highest BCUT2D eigenvalue weighted by atomic mass is 35.5. The lowest BCUT2D eigenvalue weighted by molar-refractivity contribution is -0.143. The van der Waals surface area contributed by atoms with Gasteiger partial charge in [-0.2, -0.15) is 0 Å². The van der Waals surface area contributed by atoms with Gasteiger partial charge in [-0.3, -0.25) is 4.79 Å². The van der Waals surface area contributed by atoms with Gasteiger partial charge >= 0.3 is 5.97 Å². The van der Waals surface area contributed by atoms with Crippen LogP contribution >= 0.6 is 34.5 Å². The van der Waals surface area contributed by atoms with Gasteiger partial charge in [-0.15, -0.1) is 11.3 Å². The Hall–Kier alpha value is -3.71. The van der Waals surface area contributed by atoms with Crippen molar-refractivity contribution in [1.82, 2.24) is 10.3 Å². The van der Waals surface area contributed by atoms with Gasteiger partial charge < -0.3 is 10.1 Å². The predicted molar refractivity (Wildman–Crippen MR) is 149 cm³/mol. The maximum Gasteiger partial charge on any atom is 0.333 e. The summed E-state index contributed by atoms with van der Waals surface area (Å²) in [7, 11) is 1.26. The van der Waals surface area contributed by atoms with E-state index < -0.39 is 17.9 Å². The van der Waals surface area contributed by atoms with Crippen LogP contribution in [-0.4, -0.2) is 24.0 Å². The number of methoxy groups -OCH3 is 1. The number of aromatic nitrogens is 1. The summed E-state index contributed by atoms with van der Waals surface area (Å²) in [4.78, 5) is 30.4. The average molecular weight is 547 g/mol. The molecular weight excluding hydrogens is 527 g/mol. The van der Waals surface area contributed by atoms with Crippen molar-refractivity contribution in [3.05, 3.63) is 111 Å². The Morgan fingerprint density at radius 3 is 2.41 bits per heavy atom. The number of ether oxygens (including phenoxy) is 1. The smallest absolute Gasteiger partial charge is 0.333 e. The van der Waals surface area contributed by atoms with Gasteiger partial charge in [-0.1, -0.05) is 77.8 Å². The zero-order chi connectivity index (χ0) is 25.9. The Morgan fingerprint density at radius 1 is 0.865 bits per heavy atom. The molecule has 184 valence electrons. The number of carbonyl (C=O) groups excluding carboxylic acids is 2. The Bertz CT molecular complexity index is 1620. The number of rotatable bonds is 6. The first kappa shape index (κ1) is 25.0. The number of thiazole rings is 1. The minimum absolute atomic E-state index is 0.276. The molecule has 1 heterocycles. The molecule has 1 N–H and O–H groups in total. The highest BCUT2D eigenvalue weighted by molar-refractivity contribution is 7.13. The van der Waals surface area contributed by atoms with Gasteiger partial charge in [0.1, 0.15) is 5.01 Å². The van der Waals surface area contributed by atoms with E-state index in [2.05, 4.69) is 5.32 Å². The second-order valence-corrected chi connectivity index (χ2v) is 9.96. The minimum atomic E-state index is -1.04. The standard InChI is InChI=1S/C29H20Cl2N2O3S/c1-36-29(35)26(19-11-12-23(30)24(31)15-19)33-27(34)20-9-7-17-8-10-21(14-22(17)13-20)28-32-25(16-37-28)18-5-3-2-4-6-18/h2-16,26H,1H3,(H,33,34). The lowest BCUT2D eigenvalue weighted by atomic mass is 10.0. The van der Waals surface area contributed by atoms with Gasteiger partial charge in [-0.05, 0) is 46.7 Å². The summed E-state index contributed by atoms with van der Waals surface area (Å²) in [6.45, 7) is 0. The van der Waals surface area contributed by atoms with E-state index in [1.165, 1.54) is 13.2 Å². The molecule has 0 aliphatic heterocycles. The molecule has 4 aromatic carbocycles. The van der Waals surface area contributed by atoms with E-state index in [0.29, 0.717) is 16.1 Å². The summed E-state index contributed by atoms with van der Waals surface area (Å²) in [6.07, 6.45) is 0. The van der Waals surface area contributed by atoms with Gasteiger partial charge in [0.25, 0.3) is 5.91 Å². The highest BCUT2D eigenvalue weighted by Crippen LogP contribution is 2.31. The van der Waals surface area contributed by atoms with Crippen molar-refractivity contribution < 1.29 is 14.3 Å². The molecular formula is C29H20Cl2N2O3S. The minimum Gasteiger partial charge on any atom is -0.467 e. The number of halogens is 2. The fourth-order valence-electron chi connectivity index (χ4n) is 3.97. The monoisotopic (exact) mass is 546 g/mol. The van der Waals surface area contributed by atoms with Gasteiger partial charge in [0.2, 0.25) is 0 Å². The van der Waals surface area contributed by atoms with Gasteiger partial charge in [0.05, 0.1) is 22.8 Å². The van der Waals surface area contributed by atoms with Crippen LogP contribution in [0.1, 0.15) is 22.0 Å². The molecule has 5 nitrogen and oxygen atoms in total. The van der Waals surface area contributed by atoms with Crippen LogP contribution in [0.25, 0.3) is 32.6 Å². The first-order valence-electron chi connectivity index (χ1n) is 11.3. The van der Waals surface area contributed by atoms with Crippen molar-refractivity contribution in [3.8, 4) is 21.8 Å². The first-order valence-corrected chi connectivity index (χ1v) is 13.0. The zero-order valence-electron chi connectivity index (χ0n) is 19.6. The van der Waals surface area contributed by atoms with E-state index in [4.69, 9.17) is 32.9 Å². The summed E-state index contributed by atoms with van der Waals surface area (Å²) >= 11 is 13.7. The molecule has 0 fully saturated rings. The largest absolute Gasteiger partial charge is 0.467 e. The number of amides is 1. The van der Waals surface area contributed by atoms with Gasteiger partial charge in [0, 0.05) is 22.1 Å². The van der Waals surface area contributed by atoms with Crippen molar-refractivity contribution in [1.29, 1.82) is 0 Å². The molecule has 0 aliphatic carbocycles. The lowest BCUT2D eigenvalue weighted by Gasteiger charge is -2.17. The van der Waals surface area contributed by atoms with Crippen molar-refractivity contribution in [2.75, 3.05) is 7.11 Å². The summed E-state index contributed by atoms with van der Waals surface area (Å²) in [6, 6.07) is 25.1. The summed E-state index contributed by atoms with van der Waals surface area (Å²) in [5.74, 6) is -1.04. The normalized spacial score (nSPS) is 11.8. The molecule has 0 aliphatic rings. The van der Waals surface area contributed by atoms with Gasteiger partial charge in [-0.25, -0.2) is 9.78 Å². The van der Waals surface area contributed by atoms with E-state index in [-0.39, 0.29) is 5.02 Å². The molecule has 5 aromatic rings. The van der Waals surface area contributed by atoms with E-state index in [1.54, 1.807) is 35.6 Å². The summed E-state index contributed by atoms with van der Waals surface area (Å²) in [5.41, 5.74) is 3.82. The van der Waals surface area contributed by atoms with Crippen LogP contribution in [0.5, 0.6) is 0 Å². The fraction of sp³-hybridized carbons (Fsp3) is 0.0690. The van der Waals surface area contributed by atoms with Crippen LogP contribution in [-0.2, 0) is 9.53 Å². The quantitative estimate of drug-likeness (QED) is 0.223. The molecule has 5 rings (SSSR count). The Labute approximate surface area is 227 Å². The molecule has 1 atom stereocenters. The Balaban J connectivity index is 1.43. The molecule has 0 bridgehead atoms. The van der Waals surface area contributed by atoms with E-state index in [1.807, 2.05) is 60.0 Å². The number of nitrogens with one attached hydrogen (secondary N) is 1. The molecule has 0 saturated heterocycles. The Kier molecular flexibility index (Phi) is 7.24.